The van der Waals surface area contributed by atoms with Crippen molar-refractivity contribution in [1.82, 2.24) is 0 Å². The third-order valence-corrected chi connectivity index (χ3v) is 3.08. The van der Waals surface area contributed by atoms with Gasteiger partial charge in [-0.3, -0.25) is 0 Å². The van der Waals surface area contributed by atoms with E-state index in [4.69, 9.17) is 10.4 Å². The molecule has 2 rings (SSSR count). The smallest absolute Gasteiger partial charge is 0.169 e. The van der Waals surface area contributed by atoms with E-state index >= 15 is 0 Å². The number of oxime groups is 2. The van der Waals surface area contributed by atoms with Crippen LogP contribution >= 0.6 is 24.8 Å². The van der Waals surface area contributed by atoms with Gasteiger partial charge in [0.2, 0.25) is 0 Å². The average Bonchev–Trinajstić information content (AvgIpc) is 2.51. The minimum Gasteiger partial charge on any atom is -0.411 e. The van der Waals surface area contributed by atoms with Crippen LogP contribution in [-0.4, -0.2) is 22.8 Å². The van der Waals surface area contributed by atoms with Crippen molar-refractivity contribution in [2.75, 3.05) is 0 Å². The Morgan fingerprint density at radius 2 is 1.09 bits per heavy atom. The van der Waals surface area contributed by atoms with E-state index in [1.165, 1.54) is 12.4 Å². The lowest BCUT2D eigenvalue weighted by Gasteiger charge is -1.97. The first-order chi connectivity index (χ1) is 10.3. The molecule has 6 nitrogen and oxygen atoms in total. The van der Waals surface area contributed by atoms with Crippen molar-refractivity contribution in [3.8, 4) is 0 Å². The SMILES string of the molecule is Cl.Cl.ON=Cc1cc[n+](CCC[n+]2ccc(C=NO)cc2)cc1. The van der Waals surface area contributed by atoms with Crippen molar-refractivity contribution in [1.29, 1.82) is 0 Å². The largest absolute Gasteiger partial charge is 0.411 e. The number of aromatic nitrogens is 2. The van der Waals surface area contributed by atoms with Gasteiger partial charge in [-0.2, -0.15) is 0 Å². The summed E-state index contributed by atoms with van der Waals surface area (Å²) in [6, 6.07) is 7.59. The van der Waals surface area contributed by atoms with Crippen molar-refractivity contribution in [2.24, 2.45) is 10.3 Å². The highest BCUT2D eigenvalue weighted by atomic mass is 35.5. The zero-order valence-corrected chi connectivity index (χ0v) is 14.0. The molecule has 0 saturated carbocycles. The van der Waals surface area contributed by atoms with Crippen LogP contribution in [0.4, 0.5) is 0 Å². The summed E-state index contributed by atoms with van der Waals surface area (Å²) in [5.41, 5.74) is 1.73. The summed E-state index contributed by atoms with van der Waals surface area (Å²) in [6.45, 7) is 1.81. The second-order valence-electron chi connectivity index (χ2n) is 4.58. The highest BCUT2D eigenvalue weighted by Crippen LogP contribution is 1.92. The molecule has 0 spiro atoms. The molecule has 0 atom stereocenters. The summed E-state index contributed by atoms with van der Waals surface area (Å²) < 4.78 is 4.17. The fourth-order valence-corrected chi connectivity index (χ4v) is 1.98. The Hall–Kier alpha value is -2.18. The molecule has 0 aliphatic heterocycles. The van der Waals surface area contributed by atoms with Crippen LogP contribution in [0, 0.1) is 0 Å². The summed E-state index contributed by atoms with van der Waals surface area (Å²) in [5.74, 6) is 0. The first-order valence-corrected chi connectivity index (χ1v) is 6.65. The van der Waals surface area contributed by atoms with Crippen LogP contribution in [0.3, 0.4) is 0 Å². The number of pyridine rings is 2. The van der Waals surface area contributed by atoms with E-state index in [0.717, 1.165) is 30.6 Å². The topological polar surface area (TPSA) is 72.9 Å². The second kappa shape index (κ2) is 11.4. The minimum absolute atomic E-state index is 0. The van der Waals surface area contributed by atoms with E-state index in [2.05, 4.69) is 19.4 Å². The van der Waals surface area contributed by atoms with Gasteiger partial charge in [-0.15, -0.1) is 24.8 Å². The number of rotatable bonds is 6. The molecular formula is C15H20Cl2N4O2+2. The molecule has 23 heavy (non-hydrogen) atoms. The average molecular weight is 359 g/mol. The van der Waals surface area contributed by atoms with E-state index in [1.54, 1.807) is 0 Å². The molecular weight excluding hydrogens is 339 g/mol. The van der Waals surface area contributed by atoms with Gasteiger partial charge in [-0.05, 0) is 0 Å². The Kier molecular flexibility index (Phi) is 10.3. The van der Waals surface area contributed by atoms with Gasteiger partial charge >= 0.3 is 0 Å². The summed E-state index contributed by atoms with van der Waals surface area (Å²) in [4.78, 5) is 0. The predicted octanol–water partition coefficient (Wildman–Crippen LogP) is 1.81. The Morgan fingerprint density at radius 1 is 0.739 bits per heavy atom. The zero-order chi connectivity index (χ0) is 14.9. The Bertz CT molecular complexity index is 561. The first-order valence-electron chi connectivity index (χ1n) is 6.65. The maximum absolute atomic E-state index is 8.45. The summed E-state index contributed by atoms with van der Waals surface area (Å²) >= 11 is 0. The van der Waals surface area contributed by atoms with E-state index in [9.17, 15) is 0 Å². The van der Waals surface area contributed by atoms with Gasteiger partial charge in [0.1, 0.15) is 0 Å². The predicted molar refractivity (Wildman–Crippen MR) is 91.1 cm³/mol. The molecule has 2 heterocycles. The molecule has 0 radical (unpaired) electrons. The normalized spacial score (nSPS) is 10.4. The van der Waals surface area contributed by atoms with Gasteiger partial charge in [0, 0.05) is 35.4 Å². The lowest BCUT2D eigenvalue weighted by molar-refractivity contribution is -0.726. The Morgan fingerprint density at radius 3 is 1.39 bits per heavy atom. The summed E-state index contributed by atoms with van der Waals surface area (Å²) in [7, 11) is 0. The van der Waals surface area contributed by atoms with Gasteiger partial charge in [0.15, 0.2) is 37.9 Å². The van der Waals surface area contributed by atoms with E-state index < -0.39 is 0 Å². The van der Waals surface area contributed by atoms with Crippen LogP contribution in [-0.2, 0) is 13.1 Å². The van der Waals surface area contributed by atoms with Crippen molar-refractivity contribution in [3.63, 3.8) is 0 Å². The lowest BCUT2D eigenvalue weighted by Crippen LogP contribution is -2.38. The highest BCUT2D eigenvalue weighted by Gasteiger charge is 2.04. The first kappa shape index (κ1) is 20.8. The maximum Gasteiger partial charge on any atom is 0.169 e. The molecule has 0 amide bonds. The molecule has 0 bridgehead atoms. The monoisotopic (exact) mass is 358 g/mol. The molecule has 124 valence electrons. The molecule has 0 unspecified atom stereocenters. The zero-order valence-electron chi connectivity index (χ0n) is 12.4. The molecule has 2 aromatic rings. The number of aryl methyl sites for hydroxylation is 2. The van der Waals surface area contributed by atoms with Crippen molar-refractivity contribution in [3.05, 3.63) is 60.2 Å². The van der Waals surface area contributed by atoms with Crippen LogP contribution in [0.1, 0.15) is 17.5 Å². The van der Waals surface area contributed by atoms with E-state index in [0.29, 0.717) is 0 Å². The summed E-state index contributed by atoms with van der Waals surface area (Å²) in [6.07, 6.45) is 11.6. The highest BCUT2D eigenvalue weighted by molar-refractivity contribution is 5.85. The van der Waals surface area contributed by atoms with Gasteiger partial charge in [-0.1, -0.05) is 10.3 Å². The number of hydrogen-bond acceptors (Lipinski definition) is 4. The Labute approximate surface area is 147 Å². The quantitative estimate of drug-likeness (QED) is 0.357. The van der Waals surface area contributed by atoms with Crippen LogP contribution in [0.15, 0.2) is 59.4 Å². The van der Waals surface area contributed by atoms with Crippen molar-refractivity contribution >= 4 is 37.2 Å². The van der Waals surface area contributed by atoms with E-state index in [-0.39, 0.29) is 24.8 Å². The number of hydrogen-bond donors (Lipinski definition) is 2. The van der Waals surface area contributed by atoms with Gasteiger partial charge < -0.3 is 10.4 Å². The second-order valence-corrected chi connectivity index (χ2v) is 4.58. The molecule has 0 aliphatic rings. The fraction of sp³-hybridized carbons (Fsp3) is 0.200. The third kappa shape index (κ3) is 7.08. The van der Waals surface area contributed by atoms with Crippen LogP contribution in [0.5, 0.6) is 0 Å². The number of nitrogens with zero attached hydrogens (tertiary/aromatic N) is 4. The van der Waals surface area contributed by atoms with Gasteiger partial charge in [0.05, 0.1) is 18.9 Å². The summed E-state index contributed by atoms with van der Waals surface area (Å²) in [5, 5.41) is 22.9. The van der Waals surface area contributed by atoms with Crippen LogP contribution in [0.25, 0.3) is 0 Å². The molecule has 0 fully saturated rings. The van der Waals surface area contributed by atoms with Gasteiger partial charge in [-0.25, -0.2) is 9.13 Å². The van der Waals surface area contributed by atoms with Crippen molar-refractivity contribution < 1.29 is 19.5 Å². The van der Waals surface area contributed by atoms with E-state index in [1.807, 2.05) is 49.1 Å². The molecule has 2 N–H and O–H groups in total. The lowest BCUT2D eigenvalue weighted by atomic mass is 10.3. The van der Waals surface area contributed by atoms with Crippen LogP contribution < -0.4 is 9.13 Å². The molecule has 0 aromatic carbocycles. The van der Waals surface area contributed by atoms with Gasteiger partial charge in [0.25, 0.3) is 0 Å². The molecule has 2 aromatic heterocycles. The Balaban J connectivity index is 0.00000242. The minimum atomic E-state index is 0. The van der Waals surface area contributed by atoms with Crippen LogP contribution in [0.2, 0.25) is 0 Å². The molecule has 0 saturated heterocycles. The number of halogens is 2. The molecule has 8 heteroatoms. The standard InChI is InChI=1S/C15H16N4O2.2ClH/c20-16-12-14-2-8-18(9-3-14)6-1-7-19-10-4-15(5-11-19)13-17-21;;/h2-5,8-13H,1,6-7H2;2*1H/p+2. The third-order valence-electron chi connectivity index (χ3n) is 3.08. The maximum atomic E-state index is 8.45. The fourth-order valence-electron chi connectivity index (χ4n) is 1.98. The van der Waals surface area contributed by atoms with Crippen molar-refractivity contribution in [2.45, 2.75) is 19.5 Å². The molecule has 0 aliphatic carbocycles.